The molecule has 1 unspecified atom stereocenters. The van der Waals surface area contributed by atoms with Crippen molar-refractivity contribution < 1.29 is 14.2 Å². The van der Waals surface area contributed by atoms with Gasteiger partial charge in [-0.25, -0.2) is 0 Å². The van der Waals surface area contributed by atoms with Crippen LogP contribution in [0.5, 0.6) is 17.2 Å². The second-order valence-corrected chi connectivity index (χ2v) is 8.42. The molecule has 3 aromatic rings. The maximum atomic E-state index is 6.18. The van der Waals surface area contributed by atoms with E-state index in [1.807, 2.05) is 48.5 Å². The fourth-order valence-electron chi connectivity index (χ4n) is 3.22. The monoisotopic (exact) mass is 429 g/mol. The van der Waals surface area contributed by atoms with Crippen LogP contribution < -0.4 is 14.2 Å². The molecule has 2 aromatic carbocycles. The van der Waals surface area contributed by atoms with Crippen LogP contribution in [0.2, 0.25) is 5.02 Å². The lowest BCUT2D eigenvalue weighted by Gasteiger charge is -2.26. The van der Waals surface area contributed by atoms with Gasteiger partial charge in [-0.1, -0.05) is 47.6 Å². The zero-order valence-corrected chi connectivity index (χ0v) is 17.2. The molecule has 0 amide bonds. The zero-order valence-electron chi connectivity index (χ0n) is 15.7. The van der Waals surface area contributed by atoms with Gasteiger partial charge in [0.1, 0.15) is 25.1 Å². The van der Waals surface area contributed by atoms with E-state index in [-0.39, 0.29) is 6.10 Å². The summed E-state index contributed by atoms with van der Waals surface area (Å²) >= 11 is 7.83. The van der Waals surface area contributed by atoms with Crippen LogP contribution in [0.3, 0.4) is 0 Å². The number of hydrogen-bond donors (Lipinski definition) is 0. The Morgan fingerprint density at radius 3 is 2.69 bits per heavy atom. The molecule has 5 rings (SSSR count). The van der Waals surface area contributed by atoms with Gasteiger partial charge in [0.25, 0.3) is 0 Å². The number of ether oxygens (including phenoxy) is 3. The second kappa shape index (κ2) is 8.16. The van der Waals surface area contributed by atoms with Gasteiger partial charge in [0.15, 0.2) is 22.5 Å². The fraction of sp³-hybridized carbons (Fsp3) is 0.333. The van der Waals surface area contributed by atoms with E-state index in [0.29, 0.717) is 30.0 Å². The van der Waals surface area contributed by atoms with Gasteiger partial charge in [-0.15, -0.1) is 10.2 Å². The first-order valence-corrected chi connectivity index (χ1v) is 11.0. The number of hydrogen-bond acceptors (Lipinski definition) is 6. The number of rotatable bonds is 7. The standard InChI is InChI=1S/C21H20ClN3O3S/c22-16-5-1-2-6-17(16)27-12-20-23-24-21(25(20)14-9-10-14)29-13-15-11-26-18-7-3-4-8-19(18)28-15/h1-8,14-15H,9-13H2. The van der Waals surface area contributed by atoms with Crippen LogP contribution in [-0.2, 0) is 6.61 Å². The Labute approximate surface area is 178 Å². The number of nitrogens with zero attached hydrogens (tertiary/aromatic N) is 3. The number of thioether (sulfide) groups is 1. The molecule has 0 N–H and O–H groups in total. The van der Waals surface area contributed by atoms with Crippen LogP contribution in [0.4, 0.5) is 0 Å². The van der Waals surface area contributed by atoms with Crippen LogP contribution in [-0.4, -0.2) is 33.2 Å². The van der Waals surface area contributed by atoms with Gasteiger partial charge < -0.3 is 18.8 Å². The summed E-state index contributed by atoms with van der Waals surface area (Å²) < 4.78 is 19.9. The number of aromatic nitrogens is 3. The summed E-state index contributed by atoms with van der Waals surface area (Å²) in [5, 5.41) is 10.3. The Kier molecular flexibility index (Phi) is 5.24. The molecule has 0 spiro atoms. The van der Waals surface area contributed by atoms with Crippen LogP contribution in [0.25, 0.3) is 0 Å². The summed E-state index contributed by atoms with van der Waals surface area (Å²) in [6, 6.07) is 15.7. The van der Waals surface area contributed by atoms with Gasteiger partial charge in [0, 0.05) is 11.8 Å². The lowest BCUT2D eigenvalue weighted by atomic mass is 10.3. The number of para-hydroxylation sites is 3. The Morgan fingerprint density at radius 2 is 1.86 bits per heavy atom. The van der Waals surface area contributed by atoms with Crippen LogP contribution in [0, 0.1) is 0 Å². The highest BCUT2D eigenvalue weighted by Gasteiger charge is 2.31. The predicted molar refractivity (Wildman–Crippen MR) is 111 cm³/mol. The third kappa shape index (κ3) is 4.16. The normalized spacial score (nSPS) is 17.9. The van der Waals surface area contributed by atoms with E-state index < -0.39 is 0 Å². The molecule has 2 aliphatic rings. The third-order valence-corrected chi connectivity index (χ3v) is 6.19. The minimum Gasteiger partial charge on any atom is -0.486 e. The molecular formula is C21H20ClN3O3S. The first-order chi connectivity index (χ1) is 14.3. The molecule has 0 radical (unpaired) electrons. The molecule has 6 nitrogen and oxygen atoms in total. The molecule has 1 aliphatic heterocycles. The van der Waals surface area contributed by atoms with Crippen molar-refractivity contribution in [2.75, 3.05) is 12.4 Å². The Hall–Kier alpha value is -2.38. The fourth-order valence-corrected chi connectivity index (χ4v) is 4.40. The summed E-state index contributed by atoms with van der Waals surface area (Å²) in [7, 11) is 0. The average molecular weight is 430 g/mol. The van der Waals surface area contributed by atoms with Crippen LogP contribution in [0.1, 0.15) is 24.7 Å². The molecule has 0 saturated heterocycles. The minimum absolute atomic E-state index is 0.0259. The first kappa shape index (κ1) is 18.6. The molecule has 2 heterocycles. The van der Waals surface area contributed by atoms with E-state index in [9.17, 15) is 0 Å². The van der Waals surface area contributed by atoms with Gasteiger partial charge in [0.05, 0.1) is 5.02 Å². The lowest BCUT2D eigenvalue weighted by molar-refractivity contribution is 0.107. The van der Waals surface area contributed by atoms with E-state index in [4.69, 9.17) is 25.8 Å². The van der Waals surface area contributed by atoms with Crippen LogP contribution in [0.15, 0.2) is 53.7 Å². The van der Waals surface area contributed by atoms with E-state index >= 15 is 0 Å². The molecule has 1 saturated carbocycles. The van der Waals surface area contributed by atoms with E-state index in [2.05, 4.69) is 14.8 Å². The molecule has 29 heavy (non-hydrogen) atoms. The molecule has 1 aliphatic carbocycles. The van der Waals surface area contributed by atoms with Crippen molar-refractivity contribution in [2.45, 2.75) is 36.8 Å². The summed E-state index contributed by atoms with van der Waals surface area (Å²) in [6.07, 6.45) is 2.25. The third-order valence-electron chi connectivity index (χ3n) is 4.81. The minimum atomic E-state index is -0.0259. The summed E-state index contributed by atoms with van der Waals surface area (Å²) in [4.78, 5) is 0. The summed E-state index contributed by atoms with van der Waals surface area (Å²) in [5.41, 5.74) is 0. The van der Waals surface area contributed by atoms with Gasteiger partial charge in [0.2, 0.25) is 0 Å². The van der Waals surface area contributed by atoms with Crippen molar-refractivity contribution in [3.8, 4) is 17.2 Å². The highest BCUT2D eigenvalue weighted by atomic mass is 35.5. The van der Waals surface area contributed by atoms with Crippen molar-refractivity contribution in [3.05, 3.63) is 59.4 Å². The molecule has 1 fully saturated rings. The van der Waals surface area contributed by atoms with Crippen molar-refractivity contribution in [1.82, 2.24) is 14.8 Å². The van der Waals surface area contributed by atoms with Crippen LogP contribution >= 0.6 is 23.4 Å². The van der Waals surface area contributed by atoms with Gasteiger partial charge in [-0.3, -0.25) is 0 Å². The van der Waals surface area contributed by atoms with Gasteiger partial charge in [-0.05, 0) is 37.1 Å². The predicted octanol–water partition coefficient (Wildman–Crippen LogP) is 4.78. The van der Waals surface area contributed by atoms with Crippen molar-refractivity contribution in [3.63, 3.8) is 0 Å². The summed E-state index contributed by atoms with van der Waals surface area (Å²) in [6.45, 7) is 0.869. The largest absolute Gasteiger partial charge is 0.486 e. The Balaban J connectivity index is 1.25. The summed E-state index contributed by atoms with van der Waals surface area (Å²) in [5.74, 6) is 3.81. The molecular weight excluding hydrogens is 410 g/mol. The second-order valence-electron chi connectivity index (χ2n) is 7.03. The SMILES string of the molecule is Clc1ccccc1OCc1nnc(SCC2COc3ccccc3O2)n1C1CC1. The molecule has 0 bridgehead atoms. The van der Waals surface area contributed by atoms with Crippen molar-refractivity contribution in [2.24, 2.45) is 0 Å². The quantitative estimate of drug-likeness (QED) is 0.504. The molecule has 8 heteroatoms. The van der Waals surface area contributed by atoms with Gasteiger partial charge >= 0.3 is 0 Å². The zero-order chi connectivity index (χ0) is 19.6. The maximum Gasteiger partial charge on any atom is 0.191 e. The van der Waals surface area contributed by atoms with Crippen molar-refractivity contribution >= 4 is 23.4 Å². The topological polar surface area (TPSA) is 58.4 Å². The lowest BCUT2D eigenvalue weighted by Crippen LogP contribution is -2.31. The number of benzene rings is 2. The van der Waals surface area contributed by atoms with E-state index in [0.717, 1.165) is 41.1 Å². The Morgan fingerprint density at radius 1 is 1.07 bits per heavy atom. The number of fused-ring (bicyclic) bond motifs is 1. The Bertz CT molecular complexity index is 1010. The number of halogens is 1. The van der Waals surface area contributed by atoms with Crippen molar-refractivity contribution in [1.29, 1.82) is 0 Å². The van der Waals surface area contributed by atoms with E-state index in [1.54, 1.807) is 11.8 Å². The maximum absolute atomic E-state index is 6.18. The highest BCUT2D eigenvalue weighted by molar-refractivity contribution is 7.99. The molecule has 150 valence electrons. The van der Waals surface area contributed by atoms with E-state index in [1.165, 1.54) is 0 Å². The van der Waals surface area contributed by atoms with Gasteiger partial charge in [-0.2, -0.15) is 0 Å². The molecule has 1 aromatic heterocycles. The molecule has 1 atom stereocenters. The highest BCUT2D eigenvalue weighted by Crippen LogP contribution is 2.39. The first-order valence-electron chi connectivity index (χ1n) is 9.60. The average Bonchev–Trinajstić information content (AvgIpc) is 3.51. The smallest absolute Gasteiger partial charge is 0.191 e.